The fraction of sp³-hybridized carbons (Fsp3) is 0.100. The van der Waals surface area contributed by atoms with Crippen LogP contribution in [-0.2, 0) is 0 Å². The maximum Gasteiger partial charge on any atom is 0.145 e. The summed E-state index contributed by atoms with van der Waals surface area (Å²) in [4.78, 5) is 0. The second kappa shape index (κ2) is 10.2. The Hall–Kier alpha value is -5.28. The maximum absolute atomic E-state index is 6.55. The average molecular weight is 558 g/mol. The third kappa shape index (κ3) is 3.96. The second-order valence-corrected chi connectivity index (χ2v) is 11.1. The predicted octanol–water partition coefficient (Wildman–Crippen LogP) is 11.9. The Morgan fingerprint density at radius 3 is 2.30 bits per heavy atom. The van der Waals surface area contributed by atoms with Crippen molar-refractivity contribution in [2.24, 2.45) is 0 Å². The van der Waals surface area contributed by atoms with E-state index in [-0.39, 0.29) is 0 Å². The summed E-state index contributed by atoms with van der Waals surface area (Å²) in [5.41, 5.74) is 9.52. The molecule has 3 heteroatoms. The third-order valence-electron chi connectivity index (χ3n) is 8.20. The Morgan fingerprint density at radius 2 is 1.40 bits per heavy atom. The van der Waals surface area contributed by atoms with E-state index < -0.39 is 0 Å². The highest BCUT2D eigenvalue weighted by molar-refractivity contribution is 6.21. The van der Waals surface area contributed by atoms with Gasteiger partial charge in [-0.3, -0.25) is 0 Å². The van der Waals surface area contributed by atoms with Crippen LogP contribution in [0.25, 0.3) is 83.7 Å². The van der Waals surface area contributed by atoms with E-state index in [9.17, 15) is 0 Å². The summed E-state index contributed by atoms with van der Waals surface area (Å²) in [5, 5.41) is 5.76. The summed E-state index contributed by atoms with van der Waals surface area (Å²) in [6, 6.07) is 36.5. The fourth-order valence-corrected chi connectivity index (χ4v) is 6.44. The molecule has 0 fully saturated rings. The molecule has 3 heterocycles. The number of benzene rings is 5. The molecule has 43 heavy (non-hydrogen) atoms. The van der Waals surface area contributed by atoms with Crippen molar-refractivity contribution >= 4 is 66.9 Å². The minimum absolute atomic E-state index is 0.911. The summed E-state index contributed by atoms with van der Waals surface area (Å²) >= 11 is 0. The lowest BCUT2D eigenvalue weighted by molar-refractivity contribution is 0.607. The molecule has 0 amide bonds. The number of furan rings is 2. The fourth-order valence-electron chi connectivity index (χ4n) is 6.44. The lowest BCUT2D eigenvalue weighted by Gasteiger charge is -2.10. The smallest absolute Gasteiger partial charge is 0.145 e. The molecule has 0 saturated heterocycles. The number of hydrogen-bond acceptors (Lipinski definition) is 2. The number of fused-ring (bicyclic) bond motifs is 10. The third-order valence-corrected chi connectivity index (χ3v) is 8.20. The van der Waals surface area contributed by atoms with Gasteiger partial charge in [0.25, 0.3) is 0 Å². The predicted molar refractivity (Wildman–Crippen MR) is 182 cm³/mol. The molecular formula is C40H31NO2. The normalized spacial score (nSPS) is 12.7. The van der Waals surface area contributed by atoms with Gasteiger partial charge in [-0.1, -0.05) is 105 Å². The Bertz CT molecular complexity index is 2370. The van der Waals surface area contributed by atoms with Crippen LogP contribution >= 0.6 is 0 Å². The number of nitrogens with zero attached hydrogens (tertiary/aromatic N) is 1. The zero-order valence-corrected chi connectivity index (χ0v) is 24.3. The number of allylic oxidation sites excluding steroid dienone is 2. The van der Waals surface area contributed by atoms with E-state index in [0.29, 0.717) is 0 Å². The van der Waals surface area contributed by atoms with Gasteiger partial charge in [0.15, 0.2) is 0 Å². The van der Waals surface area contributed by atoms with Gasteiger partial charge >= 0.3 is 0 Å². The van der Waals surface area contributed by atoms with Crippen molar-refractivity contribution < 1.29 is 8.83 Å². The molecule has 0 atom stereocenters. The van der Waals surface area contributed by atoms with E-state index in [0.717, 1.165) is 83.9 Å². The van der Waals surface area contributed by atoms with Crippen molar-refractivity contribution in [2.75, 3.05) is 0 Å². The molecule has 1 aliphatic carbocycles. The van der Waals surface area contributed by atoms with E-state index in [1.807, 2.05) is 12.1 Å². The minimum atomic E-state index is 0.911. The molecule has 1 aliphatic rings. The molecule has 0 unspecified atom stereocenters. The van der Waals surface area contributed by atoms with Crippen LogP contribution in [0, 0.1) is 0 Å². The summed E-state index contributed by atoms with van der Waals surface area (Å²) < 4.78 is 15.3. The highest BCUT2D eigenvalue weighted by atomic mass is 16.3. The van der Waals surface area contributed by atoms with Crippen LogP contribution < -0.4 is 0 Å². The molecule has 0 saturated carbocycles. The summed E-state index contributed by atoms with van der Waals surface area (Å²) in [5.74, 6) is 0.925. The summed E-state index contributed by atoms with van der Waals surface area (Å²) in [7, 11) is 0. The Labute approximate surface area is 250 Å². The molecule has 208 valence electrons. The van der Waals surface area contributed by atoms with Gasteiger partial charge in [0.1, 0.15) is 22.5 Å². The Balaban J connectivity index is 0.000000892. The minimum Gasteiger partial charge on any atom is -0.455 e. The van der Waals surface area contributed by atoms with Crippen LogP contribution in [0.3, 0.4) is 0 Å². The highest BCUT2D eigenvalue weighted by Gasteiger charge is 2.20. The van der Waals surface area contributed by atoms with Crippen molar-refractivity contribution in [3.8, 4) is 16.8 Å². The topological polar surface area (TPSA) is 31.2 Å². The lowest BCUT2D eigenvalue weighted by Crippen LogP contribution is -1.94. The monoisotopic (exact) mass is 557 g/mol. The average Bonchev–Trinajstić information content (AvgIpc) is 3.64. The van der Waals surface area contributed by atoms with Crippen molar-refractivity contribution in [3.63, 3.8) is 0 Å². The van der Waals surface area contributed by atoms with Gasteiger partial charge in [0.05, 0.1) is 16.4 Å². The first-order chi connectivity index (χ1) is 21.3. The molecule has 0 bridgehead atoms. The Morgan fingerprint density at radius 1 is 0.628 bits per heavy atom. The number of para-hydroxylation sites is 3. The van der Waals surface area contributed by atoms with E-state index in [1.165, 1.54) is 11.8 Å². The van der Waals surface area contributed by atoms with Crippen molar-refractivity contribution in [2.45, 2.75) is 26.7 Å². The van der Waals surface area contributed by atoms with Gasteiger partial charge < -0.3 is 13.4 Å². The number of aromatic nitrogens is 1. The zero-order valence-electron chi connectivity index (χ0n) is 24.3. The van der Waals surface area contributed by atoms with Crippen LogP contribution in [0.15, 0.2) is 124 Å². The van der Waals surface area contributed by atoms with Crippen molar-refractivity contribution in [1.29, 1.82) is 0 Å². The summed E-state index contributed by atoms with van der Waals surface area (Å²) in [6.07, 6.45) is 10.8. The van der Waals surface area contributed by atoms with Crippen LogP contribution in [0.2, 0.25) is 0 Å². The first kappa shape index (κ1) is 25.4. The van der Waals surface area contributed by atoms with Gasteiger partial charge in [-0.15, -0.1) is 0 Å². The van der Waals surface area contributed by atoms with E-state index >= 15 is 0 Å². The van der Waals surface area contributed by atoms with Crippen molar-refractivity contribution in [1.82, 2.24) is 4.57 Å². The van der Waals surface area contributed by atoms with Gasteiger partial charge in [0, 0.05) is 38.4 Å². The molecule has 0 radical (unpaired) electrons. The molecule has 0 N–H and O–H groups in total. The lowest BCUT2D eigenvalue weighted by atomic mass is 10.0. The first-order valence-electron chi connectivity index (χ1n) is 15.1. The van der Waals surface area contributed by atoms with Gasteiger partial charge in [0.2, 0.25) is 0 Å². The number of rotatable bonds is 2. The summed E-state index contributed by atoms with van der Waals surface area (Å²) in [6.45, 7) is 4.25. The van der Waals surface area contributed by atoms with Crippen LogP contribution in [-0.4, -0.2) is 4.57 Å². The van der Waals surface area contributed by atoms with Gasteiger partial charge in [-0.25, -0.2) is 0 Å². The van der Waals surface area contributed by atoms with E-state index in [2.05, 4.69) is 134 Å². The molecule has 5 aromatic carbocycles. The maximum atomic E-state index is 6.55. The Kier molecular flexibility index (Phi) is 6.04. The SMILES string of the molecule is C1=Cc2oc3c(ccc4c3c3ccccc3n4-c3cccc(-c4cccc5c4oc4ccccc45)c3)c2C=CC1.CCC. The number of hydrogen-bond donors (Lipinski definition) is 0. The van der Waals surface area contributed by atoms with Gasteiger partial charge in [-0.2, -0.15) is 0 Å². The van der Waals surface area contributed by atoms with E-state index in [1.54, 1.807) is 0 Å². The van der Waals surface area contributed by atoms with E-state index in [4.69, 9.17) is 8.83 Å². The molecule has 0 spiro atoms. The molecule has 3 nitrogen and oxygen atoms in total. The van der Waals surface area contributed by atoms with Gasteiger partial charge in [-0.05, 0) is 54.5 Å². The second-order valence-electron chi connectivity index (χ2n) is 11.1. The van der Waals surface area contributed by atoms with Crippen LogP contribution in [0.4, 0.5) is 0 Å². The molecule has 0 aliphatic heterocycles. The zero-order chi connectivity index (χ0) is 28.9. The first-order valence-corrected chi connectivity index (χ1v) is 15.1. The molecular weight excluding hydrogens is 526 g/mol. The van der Waals surface area contributed by atoms with Crippen molar-refractivity contribution in [3.05, 3.63) is 127 Å². The molecule has 9 rings (SSSR count). The van der Waals surface area contributed by atoms with Crippen LogP contribution in [0.5, 0.6) is 0 Å². The standard InChI is InChI=1S/C37H23NO2.C3H8/c1-2-12-27-29-20-21-32-35(37(29)40-34(27)18-3-1)30-14-4-6-17-31(30)38(32)24-11-8-10-23(22-24)25-15-9-16-28-26-13-5-7-19-33(26)39-36(25)28;1-3-2/h2-22H,1H2;3H2,1-2H3. The molecule has 8 aromatic rings. The quantitative estimate of drug-likeness (QED) is 0.212. The van der Waals surface area contributed by atoms with Crippen LogP contribution in [0.1, 0.15) is 38.0 Å². The highest BCUT2D eigenvalue weighted by Crippen LogP contribution is 2.42. The molecule has 3 aromatic heterocycles. The largest absolute Gasteiger partial charge is 0.455 e.